The minimum absolute atomic E-state index is 0.216. The summed E-state index contributed by atoms with van der Waals surface area (Å²) in [6.07, 6.45) is 2.39. The lowest BCUT2D eigenvalue weighted by Crippen LogP contribution is -2.34. The molecule has 0 bridgehead atoms. The first-order chi connectivity index (χ1) is 18.0. The van der Waals surface area contributed by atoms with Crippen LogP contribution in [0.25, 0.3) is 0 Å². The molecule has 0 fully saturated rings. The number of carbonyl (C=O) groups is 2. The van der Waals surface area contributed by atoms with Crippen LogP contribution in [0.3, 0.4) is 0 Å². The molecule has 9 heteroatoms. The van der Waals surface area contributed by atoms with Crippen molar-refractivity contribution in [3.05, 3.63) is 88.4 Å². The number of rotatable bonds is 13. The maximum Gasteiger partial charge on any atom is 0.259 e. The highest BCUT2D eigenvalue weighted by molar-refractivity contribution is 6.30. The summed E-state index contributed by atoms with van der Waals surface area (Å²) in [5.74, 6) is 1.02. The van der Waals surface area contributed by atoms with Gasteiger partial charge in [0.2, 0.25) is 0 Å². The number of amides is 2. The van der Waals surface area contributed by atoms with Crippen LogP contribution in [-0.4, -0.2) is 37.8 Å². The van der Waals surface area contributed by atoms with E-state index in [1.54, 1.807) is 42.5 Å². The molecule has 194 valence electrons. The second kappa shape index (κ2) is 14.5. The Morgan fingerprint density at radius 2 is 1.68 bits per heavy atom. The Balaban J connectivity index is 1.48. The van der Waals surface area contributed by atoms with Crippen molar-refractivity contribution >= 4 is 29.6 Å². The molecule has 8 nitrogen and oxygen atoms in total. The molecule has 0 aliphatic heterocycles. The molecule has 0 saturated heterocycles. The van der Waals surface area contributed by atoms with E-state index in [1.165, 1.54) is 6.21 Å². The number of hydrogen-bond donors (Lipinski definition) is 2. The molecule has 3 aromatic carbocycles. The third-order valence-electron chi connectivity index (χ3n) is 4.98. The van der Waals surface area contributed by atoms with Crippen molar-refractivity contribution in [1.29, 1.82) is 0 Å². The van der Waals surface area contributed by atoms with Gasteiger partial charge in [0, 0.05) is 10.6 Å². The molecule has 3 aromatic rings. The molecule has 0 aliphatic rings. The summed E-state index contributed by atoms with van der Waals surface area (Å²) in [6, 6.07) is 19.5. The van der Waals surface area contributed by atoms with Gasteiger partial charge < -0.3 is 19.5 Å². The van der Waals surface area contributed by atoms with Gasteiger partial charge in [-0.1, -0.05) is 30.7 Å². The molecule has 37 heavy (non-hydrogen) atoms. The summed E-state index contributed by atoms with van der Waals surface area (Å²) in [6.45, 7) is 5.12. The maximum absolute atomic E-state index is 12.3. The third-order valence-corrected chi connectivity index (χ3v) is 5.23. The minimum Gasteiger partial charge on any atom is -0.494 e. The number of nitrogens with one attached hydrogen (secondary N) is 2. The van der Waals surface area contributed by atoms with E-state index in [-0.39, 0.29) is 12.5 Å². The number of benzene rings is 3. The summed E-state index contributed by atoms with van der Waals surface area (Å²) in [5.41, 5.74) is 4.52. The number of nitrogens with zero attached hydrogens (tertiary/aromatic N) is 1. The average Bonchev–Trinajstić information content (AvgIpc) is 2.91. The summed E-state index contributed by atoms with van der Waals surface area (Å²) in [4.78, 5) is 24.4. The molecule has 0 spiro atoms. The molecule has 0 heterocycles. The molecular formula is C28H30ClN3O5. The maximum atomic E-state index is 12.3. The van der Waals surface area contributed by atoms with Crippen LogP contribution < -0.4 is 25.0 Å². The first kappa shape index (κ1) is 27.5. The smallest absolute Gasteiger partial charge is 0.259 e. The highest BCUT2D eigenvalue weighted by Gasteiger charge is 2.09. The predicted molar refractivity (Wildman–Crippen MR) is 144 cm³/mol. The zero-order valence-electron chi connectivity index (χ0n) is 20.8. The number of hydrazone groups is 1. The van der Waals surface area contributed by atoms with Gasteiger partial charge in [0.05, 0.1) is 26.0 Å². The number of halogens is 1. The van der Waals surface area contributed by atoms with Crippen LogP contribution >= 0.6 is 11.6 Å². The highest BCUT2D eigenvalue weighted by atomic mass is 35.5. The molecule has 0 aliphatic carbocycles. The zero-order valence-corrected chi connectivity index (χ0v) is 21.6. The molecular weight excluding hydrogens is 494 g/mol. The van der Waals surface area contributed by atoms with Crippen molar-refractivity contribution in [3.8, 4) is 17.2 Å². The van der Waals surface area contributed by atoms with Crippen LogP contribution in [0.5, 0.6) is 17.2 Å². The Morgan fingerprint density at radius 3 is 2.38 bits per heavy atom. The van der Waals surface area contributed by atoms with Crippen LogP contribution in [0.2, 0.25) is 5.02 Å². The second-order valence-electron chi connectivity index (χ2n) is 7.90. The quantitative estimate of drug-likeness (QED) is 0.243. The van der Waals surface area contributed by atoms with Crippen molar-refractivity contribution in [2.75, 3.05) is 19.8 Å². The molecule has 0 unspecified atom stereocenters. The molecule has 3 rings (SSSR count). The first-order valence-corrected chi connectivity index (χ1v) is 12.3. The van der Waals surface area contributed by atoms with Crippen molar-refractivity contribution < 1.29 is 23.8 Å². The van der Waals surface area contributed by atoms with E-state index in [9.17, 15) is 9.59 Å². The van der Waals surface area contributed by atoms with Crippen LogP contribution in [0.1, 0.15) is 41.8 Å². The van der Waals surface area contributed by atoms with Crippen molar-refractivity contribution in [1.82, 2.24) is 10.7 Å². The molecule has 0 atom stereocenters. The molecule has 0 saturated carbocycles. The molecule has 2 N–H and O–H groups in total. The van der Waals surface area contributed by atoms with Crippen LogP contribution in [0.15, 0.2) is 71.8 Å². The van der Waals surface area contributed by atoms with E-state index >= 15 is 0 Å². The van der Waals surface area contributed by atoms with Gasteiger partial charge in [0.1, 0.15) is 12.4 Å². The van der Waals surface area contributed by atoms with Crippen LogP contribution in [0.4, 0.5) is 0 Å². The van der Waals surface area contributed by atoms with Gasteiger partial charge in [0.25, 0.3) is 11.8 Å². The van der Waals surface area contributed by atoms with Gasteiger partial charge in [0.15, 0.2) is 11.5 Å². The van der Waals surface area contributed by atoms with Crippen molar-refractivity contribution in [2.45, 2.75) is 26.9 Å². The van der Waals surface area contributed by atoms with E-state index in [2.05, 4.69) is 15.8 Å². The van der Waals surface area contributed by atoms with Crippen molar-refractivity contribution in [3.63, 3.8) is 0 Å². The van der Waals surface area contributed by atoms with Gasteiger partial charge in [-0.05, 0) is 79.1 Å². The number of hydrogen-bond acceptors (Lipinski definition) is 6. The molecule has 2 amide bonds. The number of carbonyl (C=O) groups excluding carboxylic acids is 2. The standard InChI is InChI=1S/C28H30ClN3O5/c1-3-15-36-24-12-8-22(9-13-24)28(34)30-18-27(33)32-31-17-21-7-14-25(26(16-21)35-4-2)37-19-20-5-10-23(29)11-6-20/h5-14,16-17H,3-4,15,18-19H2,1-2H3,(H,30,34)(H,32,33)/b31-17-. The van der Waals surface area contributed by atoms with E-state index in [0.717, 1.165) is 12.0 Å². The van der Waals surface area contributed by atoms with Gasteiger partial charge in [-0.2, -0.15) is 5.10 Å². The fourth-order valence-corrected chi connectivity index (χ4v) is 3.26. The Labute approximate surface area is 221 Å². The van der Waals surface area contributed by atoms with E-state index < -0.39 is 5.91 Å². The lowest BCUT2D eigenvalue weighted by molar-refractivity contribution is -0.120. The fourth-order valence-electron chi connectivity index (χ4n) is 3.14. The van der Waals surface area contributed by atoms with Crippen LogP contribution in [-0.2, 0) is 11.4 Å². The van der Waals surface area contributed by atoms with Crippen molar-refractivity contribution in [2.24, 2.45) is 5.10 Å². The topological polar surface area (TPSA) is 98.2 Å². The van der Waals surface area contributed by atoms with E-state index in [0.29, 0.717) is 53.2 Å². The first-order valence-electron chi connectivity index (χ1n) is 12.0. The summed E-state index contributed by atoms with van der Waals surface area (Å²) >= 11 is 5.93. The van der Waals surface area contributed by atoms with Gasteiger partial charge in [-0.15, -0.1) is 0 Å². The Hall–Kier alpha value is -4.04. The Morgan fingerprint density at radius 1 is 0.919 bits per heavy atom. The Bertz CT molecular complexity index is 1200. The largest absolute Gasteiger partial charge is 0.494 e. The van der Waals surface area contributed by atoms with Gasteiger partial charge >= 0.3 is 0 Å². The van der Waals surface area contributed by atoms with E-state index in [1.807, 2.05) is 38.1 Å². The summed E-state index contributed by atoms with van der Waals surface area (Å²) in [7, 11) is 0. The highest BCUT2D eigenvalue weighted by Crippen LogP contribution is 2.29. The summed E-state index contributed by atoms with van der Waals surface area (Å²) < 4.78 is 17.1. The zero-order chi connectivity index (χ0) is 26.5. The normalized spacial score (nSPS) is 10.7. The Kier molecular flexibility index (Phi) is 10.8. The molecule has 0 aromatic heterocycles. The molecule has 0 radical (unpaired) electrons. The van der Waals surface area contributed by atoms with Gasteiger partial charge in [-0.3, -0.25) is 9.59 Å². The monoisotopic (exact) mass is 523 g/mol. The summed E-state index contributed by atoms with van der Waals surface area (Å²) in [5, 5.41) is 7.19. The fraction of sp³-hybridized carbons (Fsp3) is 0.250. The lowest BCUT2D eigenvalue weighted by atomic mass is 10.2. The lowest BCUT2D eigenvalue weighted by Gasteiger charge is -2.12. The van der Waals surface area contributed by atoms with Gasteiger partial charge in [-0.25, -0.2) is 5.43 Å². The number of ether oxygens (including phenoxy) is 3. The minimum atomic E-state index is -0.458. The predicted octanol–water partition coefficient (Wildman–Crippen LogP) is 4.99. The SMILES string of the molecule is CCCOc1ccc(C(=O)NCC(=O)N/N=C\c2ccc(OCc3ccc(Cl)cc3)c(OCC)c2)cc1. The van der Waals surface area contributed by atoms with Crippen LogP contribution in [0, 0.1) is 0 Å². The second-order valence-corrected chi connectivity index (χ2v) is 8.34. The third kappa shape index (κ3) is 9.16. The van der Waals surface area contributed by atoms with E-state index in [4.69, 9.17) is 25.8 Å². The average molecular weight is 524 g/mol.